The zero-order valence-electron chi connectivity index (χ0n) is 12.0. The van der Waals surface area contributed by atoms with Crippen molar-refractivity contribution in [3.05, 3.63) is 17.5 Å². The van der Waals surface area contributed by atoms with E-state index in [1.165, 1.54) is 20.0 Å². The normalized spacial score (nSPS) is 21.2. The molecule has 0 saturated carbocycles. The molecule has 1 fully saturated rings. The van der Waals surface area contributed by atoms with E-state index in [1.54, 1.807) is 0 Å². The predicted octanol–water partition coefficient (Wildman–Crippen LogP) is 0.627. The van der Waals surface area contributed by atoms with Gasteiger partial charge < -0.3 is 10.1 Å². The van der Waals surface area contributed by atoms with Crippen LogP contribution in [0.2, 0.25) is 0 Å². The van der Waals surface area contributed by atoms with Gasteiger partial charge in [0.25, 0.3) is 0 Å². The highest BCUT2D eigenvalue weighted by molar-refractivity contribution is 5.87. The third kappa shape index (κ3) is 2.71. The molecule has 1 aromatic heterocycles. The summed E-state index contributed by atoms with van der Waals surface area (Å²) >= 11 is 0. The summed E-state index contributed by atoms with van der Waals surface area (Å²) < 4.78 is 6.72. The number of aryl methyl sites for hydroxylation is 1. The molecule has 0 bridgehead atoms. The van der Waals surface area contributed by atoms with E-state index in [0.717, 1.165) is 44.8 Å². The van der Waals surface area contributed by atoms with Gasteiger partial charge in [0, 0.05) is 25.7 Å². The number of nitrogens with one attached hydrogen (secondary N) is 1. The van der Waals surface area contributed by atoms with Gasteiger partial charge in [-0.3, -0.25) is 9.58 Å². The van der Waals surface area contributed by atoms with Crippen LogP contribution in [0.25, 0.3) is 0 Å². The monoisotopic (exact) mass is 278 g/mol. The Hall–Kier alpha value is -1.40. The molecule has 6 nitrogen and oxygen atoms in total. The highest BCUT2D eigenvalue weighted by Crippen LogP contribution is 2.20. The number of carbonyl (C=O) groups is 1. The van der Waals surface area contributed by atoms with Crippen molar-refractivity contribution in [1.29, 1.82) is 0 Å². The largest absolute Gasteiger partial charge is 0.464 e. The molecule has 2 aliphatic heterocycles. The molecular weight excluding hydrogens is 256 g/mol. The van der Waals surface area contributed by atoms with Gasteiger partial charge in [-0.15, -0.1) is 0 Å². The van der Waals surface area contributed by atoms with Crippen LogP contribution in [-0.2, 0) is 17.8 Å². The molecule has 110 valence electrons. The molecule has 3 rings (SSSR count). The number of hydrogen-bond donors (Lipinski definition) is 1. The van der Waals surface area contributed by atoms with Crippen LogP contribution in [0.4, 0.5) is 0 Å². The van der Waals surface area contributed by atoms with Crippen molar-refractivity contribution < 1.29 is 9.53 Å². The van der Waals surface area contributed by atoms with Crippen molar-refractivity contribution in [2.45, 2.75) is 38.4 Å². The first kappa shape index (κ1) is 13.6. The molecule has 1 saturated heterocycles. The van der Waals surface area contributed by atoms with E-state index in [-0.39, 0.29) is 5.97 Å². The molecule has 0 unspecified atom stereocenters. The maximum absolute atomic E-state index is 11.6. The summed E-state index contributed by atoms with van der Waals surface area (Å²) in [5.41, 5.74) is 1.55. The first-order chi connectivity index (χ1) is 9.78. The molecule has 0 spiro atoms. The van der Waals surface area contributed by atoms with E-state index in [2.05, 4.69) is 15.3 Å². The molecule has 0 amide bonds. The molecule has 1 N–H and O–H groups in total. The van der Waals surface area contributed by atoms with Crippen LogP contribution in [-0.4, -0.2) is 53.4 Å². The molecule has 0 aromatic carbocycles. The Morgan fingerprint density at radius 3 is 2.95 bits per heavy atom. The summed E-state index contributed by atoms with van der Waals surface area (Å²) in [5, 5.41) is 7.77. The summed E-state index contributed by atoms with van der Waals surface area (Å²) in [6.45, 7) is 5.09. The minimum Gasteiger partial charge on any atom is -0.464 e. The third-order valence-corrected chi connectivity index (χ3v) is 4.26. The number of methoxy groups -OCH3 is 1. The minimum atomic E-state index is -0.348. The maximum Gasteiger partial charge on any atom is 0.358 e. The second kappa shape index (κ2) is 5.93. The topological polar surface area (TPSA) is 59.4 Å². The van der Waals surface area contributed by atoms with Crippen molar-refractivity contribution in [3.8, 4) is 0 Å². The fourth-order valence-electron chi connectivity index (χ4n) is 3.17. The van der Waals surface area contributed by atoms with Crippen molar-refractivity contribution in [2.24, 2.45) is 0 Å². The Morgan fingerprint density at radius 2 is 2.20 bits per heavy atom. The van der Waals surface area contributed by atoms with Crippen LogP contribution in [0.5, 0.6) is 0 Å². The number of carbonyl (C=O) groups excluding carboxylic acids is 1. The number of ether oxygens (including phenoxy) is 1. The number of hydrogen-bond acceptors (Lipinski definition) is 5. The Morgan fingerprint density at radius 1 is 1.40 bits per heavy atom. The van der Waals surface area contributed by atoms with E-state index in [9.17, 15) is 4.79 Å². The summed E-state index contributed by atoms with van der Waals surface area (Å²) in [5.74, 6) is -0.348. The van der Waals surface area contributed by atoms with Crippen molar-refractivity contribution >= 4 is 5.97 Å². The molecule has 0 atom stereocenters. The van der Waals surface area contributed by atoms with Gasteiger partial charge in [0.1, 0.15) is 0 Å². The van der Waals surface area contributed by atoms with Gasteiger partial charge in [0.2, 0.25) is 0 Å². The van der Waals surface area contributed by atoms with Crippen LogP contribution < -0.4 is 5.32 Å². The zero-order valence-corrected chi connectivity index (χ0v) is 12.0. The average molecular weight is 278 g/mol. The Labute approximate surface area is 119 Å². The van der Waals surface area contributed by atoms with E-state index in [1.807, 2.05) is 10.7 Å². The molecular formula is C14H22N4O2. The number of rotatable bonds is 2. The van der Waals surface area contributed by atoms with Crippen LogP contribution >= 0.6 is 0 Å². The molecule has 3 heterocycles. The molecule has 0 radical (unpaired) electrons. The van der Waals surface area contributed by atoms with E-state index >= 15 is 0 Å². The summed E-state index contributed by atoms with van der Waals surface area (Å²) in [7, 11) is 1.40. The van der Waals surface area contributed by atoms with Crippen LogP contribution in [0.1, 0.15) is 35.4 Å². The quantitative estimate of drug-likeness (QED) is 0.804. The Bertz CT molecular complexity index is 480. The minimum absolute atomic E-state index is 0.348. The van der Waals surface area contributed by atoms with Crippen molar-refractivity contribution in [2.75, 3.05) is 26.7 Å². The number of aromatic nitrogens is 2. The van der Waals surface area contributed by atoms with Gasteiger partial charge in [-0.05, 0) is 38.4 Å². The SMILES string of the molecule is COC(=O)c1cc2n(n1)CCCN(C1CCNCC1)C2. The lowest BCUT2D eigenvalue weighted by Gasteiger charge is -2.33. The van der Waals surface area contributed by atoms with Crippen molar-refractivity contribution in [3.63, 3.8) is 0 Å². The molecule has 0 aliphatic carbocycles. The number of fused-ring (bicyclic) bond motifs is 1. The second-order valence-corrected chi connectivity index (χ2v) is 5.54. The lowest BCUT2D eigenvalue weighted by atomic mass is 10.0. The van der Waals surface area contributed by atoms with Gasteiger partial charge in [-0.25, -0.2) is 4.79 Å². The lowest BCUT2D eigenvalue weighted by Crippen LogP contribution is -2.42. The smallest absolute Gasteiger partial charge is 0.358 e. The Kier molecular flexibility index (Phi) is 4.03. The van der Waals surface area contributed by atoms with Crippen LogP contribution in [0.15, 0.2) is 6.07 Å². The third-order valence-electron chi connectivity index (χ3n) is 4.26. The number of nitrogens with zero attached hydrogens (tertiary/aromatic N) is 3. The van der Waals surface area contributed by atoms with Gasteiger partial charge in [-0.2, -0.15) is 5.10 Å². The van der Waals surface area contributed by atoms with Gasteiger partial charge >= 0.3 is 5.97 Å². The maximum atomic E-state index is 11.6. The molecule has 6 heteroatoms. The van der Waals surface area contributed by atoms with Crippen LogP contribution in [0.3, 0.4) is 0 Å². The Balaban J connectivity index is 1.76. The van der Waals surface area contributed by atoms with E-state index < -0.39 is 0 Å². The highest BCUT2D eigenvalue weighted by Gasteiger charge is 2.25. The molecule has 20 heavy (non-hydrogen) atoms. The standard InChI is InChI=1S/C14H22N4O2/c1-20-14(19)13-9-12-10-17(7-2-8-18(12)16-13)11-3-5-15-6-4-11/h9,11,15H,2-8,10H2,1H3. The zero-order chi connectivity index (χ0) is 13.9. The summed E-state index contributed by atoms with van der Waals surface area (Å²) in [4.78, 5) is 14.1. The van der Waals surface area contributed by atoms with Crippen LogP contribution in [0, 0.1) is 0 Å². The van der Waals surface area contributed by atoms with Gasteiger partial charge in [0.05, 0.1) is 12.8 Å². The second-order valence-electron chi connectivity index (χ2n) is 5.54. The number of esters is 1. The fourth-order valence-corrected chi connectivity index (χ4v) is 3.17. The van der Waals surface area contributed by atoms with E-state index in [4.69, 9.17) is 4.74 Å². The summed E-state index contributed by atoms with van der Waals surface area (Å²) in [6, 6.07) is 2.53. The lowest BCUT2D eigenvalue weighted by molar-refractivity contribution is 0.0593. The van der Waals surface area contributed by atoms with E-state index in [0.29, 0.717) is 11.7 Å². The highest BCUT2D eigenvalue weighted by atomic mass is 16.5. The number of piperidine rings is 1. The first-order valence-corrected chi connectivity index (χ1v) is 7.38. The fraction of sp³-hybridized carbons (Fsp3) is 0.714. The molecule has 1 aromatic rings. The predicted molar refractivity (Wildman–Crippen MR) is 74.5 cm³/mol. The van der Waals surface area contributed by atoms with Gasteiger partial charge in [0.15, 0.2) is 5.69 Å². The average Bonchev–Trinajstić information content (AvgIpc) is 2.79. The molecule has 2 aliphatic rings. The van der Waals surface area contributed by atoms with Crippen molar-refractivity contribution in [1.82, 2.24) is 20.0 Å². The summed E-state index contributed by atoms with van der Waals surface area (Å²) in [6.07, 6.45) is 3.50. The van der Waals surface area contributed by atoms with Gasteiger partial charge in [-0.1, -0.05) is 0 Å². The first-order valence-electron chi connectivity index (χ1n) is 7.38.